The van der Waals surface area contributed by atoms with Crippen molar-refractivity contribution in [1.82, 2.24) is 9.88 Å². The molecule has 3 aromatic carbocycles. The van der Waals surface area contributed by atoms with Crippen molar-refractivity contribution >= 4 is 39.9 Å². The minimum absolute atomic E-state index is 0.0776. The minimum Gasteiger partial charge on any atom is -0.460 e. The van der Waals surface area contributed by atoms with Crippen LogP contribution in [0, 0.1) is 35.5 Å². The van der Waals surface area contributed by atoms with Crippen LogP contribution in [0.5, 0.6) is 0 Å². The molecule has 2 fully saturated rings. The molecule has 0 saturated heterocycles. The summed E-state index contributed by atoms with van der Waals surface area (Å²) in [7, 11) is 0. The van der Waals surface area contributed by atoms with Crippen molar-refractivity contribution in [3.63, 3.8) is 0 Å². The van der Waals surface area contributed by atoms with E-state index in [9.17, 15) is 9.59 Å². The average molecular weight is 657 g/mol. The third-order valence-electron chi connectivity index (χ3n) is 10.3. The molecule has 0 radical (unpaired) electrons. The highest BCUT2D eigenvalue weighted by Crippen LogP contribution is 2.43. The van der Waals surface area contributed by atoms with Gasteiger partial charge in [-0.3, -0.25) is 0 Å². The van der Waals surface area contributed by atoms with Crippen molar-refractivity contribution in [1.29, 1.82) is 0 Å². The van der Waals surface area contributed by atoms with Crippen LogP contribution in [0.25, 0.3) is 27.9 Å². The van der Waals surface area contributed by atoms with E-state index in [0.29, 0.717) is 35.9 Å². The second-order valence-corrected chi connectivity index (χ2v) is 13.8. The molecule has 2 saturated carbocycles. The van der Waals surface area contributed by atoms with Gasteiger partial charge in [0.2, 0.25) is 0 Å². The maximum absolute atomic E-state index is 12.3. The number of para-hydroxylation sites is 2. The van der Waals surface area contributed by atoms with Crippen molar-refractivity contribution in [3.05, 3.63) is 127 Å². The zero-order chi connectivity index (χ0) is 34.2. The molecular weight excluding hydrogens is 608 g/mol. The fourth-order valence-corrected chi connectivity index (χ4v) is 7.84. The lowest BCUT2D eigenvalue weighted by Crippen LogP contribution is -2.30. The Morgan fingerprint density at radius 1 is 0.796 bits per heavy atom. The van der Waals surface area contributed by atoms with Crippen LogP contribution >= 0.6 is 0 Å². The van der Waals surface area contributed by atoms with Crippen LogP contribution in [0.2, 0.25) is 0 Å². The number of carbonyl (C=O) groups excluding carboxylic acids is 2. The van der Waals surface area contributed by atoms with Crippen LogP contribution in [-0.4, -0.2) is 36.4 Å². The van der Waals surface area contributed by atoms with E-state index in [1.807, 2.05) is 6.08 Å². The van der Waals surface area contributed by atoms with Gasteiger partial charge in [0.05, 0.1) is 13.2 Å². The second kappa shape index (κ2) is 16.0. The van der Waals surface area contributed by atoms with E-state index >= 15 is 0 Å². The van der Waals surface area contributed by atoms with Gasteiger partial charge < -0.3 is 19.4 Å². The molecule has 1 aromatic heterocycles. The number of benzene rings is 3. The Bertz CT molecular complexity index is 1780. The third-order valence-corrected chi connectivity index (χ3v) is 10.3. The van der Waals surface area contributed by atoms with Crippen molar-refractivity contribution in [2.45, 2.75) is 39.2 Å². The smallest absolute Gasteiger partial charge is 0.407 e. The Hall–Kier alpha value is -4.84. The maximum Gasteiger partial charge on any atom is 0.407 e. The summed E-state index contributed by atoms with van der Waals surface area (Å²) in [5, 5.41) is 5.30. The molecule has 6 heteroatoms. The van der Waals surface area contributed by atoms with E-state index in [0.717, 1.165) is 32.2 Å². The molecule has 6 nitrogen and oxygen atoms in total. The zero-order valence-corrected chi connectivity index (χ0v) is 28.5. The Morgan fingerprint density at radius 2 is 1.43 bits per heavy atom. The van der Waals surface area contributed by atoms with E-state index in [-0.39, 0.29) is 25.0 Å². The topological polar surface area (TPSA) is 69.6 Å². The predicted octanol–water partition coefficient (Wildman–Crippen LogP) is 9.38. The number of nitrogens with zero attached hydrogens (tertiary/aromatic N) is 1. The summed E-state index contributed by atoms with van der Waals surface area (Å²) in [6, 6.07) is 28.2. The summed E-state index contributed by atoms with van der Waals surface area (Å²) in [4.78, 5) is 23.8. The van der Waals surface area contributed by atoms with E-state index < -0.39 is 12.1 Å². The van der Waals surface area contributed by atoms with Crippen LogP contribution in [0.15, 0.2) is 122 Å². The van der Waals surface area contributed by atoms with Gasteiger partial charge in [-0.15, -0.1) is 6.58 Å². The number of nitrogens with one attached hydrogen (secondary N) is 1. The quantitative estimate of drug-likeness (QED) is 0.0674. The van der Waals surface area contributed by atoms with Gasteiger partial charge in [-0.2, -0.15) is 0 Å². The first-order valence-electron chi connectivity index (χ1n) is 17.6. The summed E-state index contributed by atoms with van der Waals surface area (Å²) in [6.45, 7) is 10.8. The highest BCUT2D eigenvalue weighted by Gasteiger charge is 2.35. The van der Waals surface area contributed by atoms with Crippen LogP contribution in [0.4, 0.5) is 4.79 Å². The fourth-order valence-electron chi connectivity index (χ4n) is 7.84. The van der Waals surface area contributed by atoms with Gasteiger partial charge in [0, 0.05) is 39.8 Å². The van der Waals surface area contributed by atoms with E-state index in [1.165, 1.54) is 27.4 Å². The SMILES string of the molecule is C=CC1CC(/C=C\C2CC(/C=C\c3ccccc3)CC2Cn2c3ccccc3c3ccccc32)CC1COC(=O)NCCOC(=O)C(=C)C. The van der Waals surface area contributed by atoms with Crippen LogP contribution in [0.3, 0.4) is 0 Å². The molecule has 6 rings (SSSR count). The maximum atomic E-state index is 12.3. The number of hydrogen-bond acceptors (Lipinski definition) is 4. The Morgan fingerprint density at radius 3 is 2.12 bits per heavy atom. The number of amides is 1. The van der Waals surface area contributed by atoms with Gasteiger partial charge in [0.25, 0.3) is 0 Å². The van der Waals surface area contributed by atoms with E-state index in [1.54, 1.807) is 6.92 Å². The first-order valence-corrected chi connectivity index (χ1v) is 17.6. The molecule has 6 unspecified atom stereocenters. The lowest BCUT2D eigenvalue weighted by molar-refractivity contribution is -0.138. The average Bonchev–Trinajstić information content (AvgIpc) is 3.81. The largest absolute Gasteiger partial charge is 0.460 e. The molecule has 0 bridgehead atoms. The highest BCUT2D eigenvalue weighted by molar-refractivity contribution is 6.07. The number of esters is 1. The van der Waals surface area contributed by atoms with E-state index in [4.69, 9.17) is 9.47 Å². The van der Waals surface area contributed by atoms with Crippen molar-refractivity contribution in [3.8, 4) is 0 Å². The molecule has 1 heterocycles. The number of rotatable bonds is 13. The fraction of sp³-hybridized carbons (Fsp3) is 0.349. The van der Waals surface area contributed by atoms with Crippen LogP contribution in [-0.2, 0) is 20.8 Å². The lowest BCUT2D eigenvalue weighted by atomic mass is 9.93. The predicted molar refractivity (Wildman–Crippen MR) is 199 cm³/mol. The van der Waals surface area contributed by atoms with Gasteiger partial charge in [-0.25, -0.2) is 9.59 Å². The van der Waals surface area contributed by atoms with Gasteiger partial charge >= 0.3 is 12.1 Å². The third kappa shape index (κ3) is 8.43. The summed E-state index contributed by atoms with van der Waals surface area (Å²) in [5.74, 6) is 1.94. The normalized spacial score (nSPS) is 23.8. The van der Waals surface area contributed by atoms with Gasteiger partial charge in [-0.1, -0.05) is 104 Å². The number of hydrogen-bond donors (Lipinski definition) is 1. The molecule has 1 N–H and O–H groups in total. The lowest BCUT2D eigenvalue weighted by Gasteiger charge is -2.19. The summed E-state index contributed by atoms with van der Waals surface area (Å²) in [6.07, 6.45) is 15.4. The molecule has 2 aliphatic carbocycles. The summed E-state index contributed by atoms with van der Waals surface area (Å²) < 4.78 is 13.1. The summed E-state index contributed by atoms with van der Waals surface area (Å²) in [5.41, 5.74) is 4.18. The molecule has 254 valence electrons. The molecule has 49 heavy (non-hydrogen) atoms. The van der Waals surface area contributed by atoms with Crippen molar-refractivity contribution in [2.24, 2.45) is 35.5 Å². The van der Waals surface area contributed by atoms with Crippen LogP contribution < -0.4 is 5.32 Å². The number of fused-ring (bicyclic) bond motifs is 3. The molecule has 1 amide bonds. The molecule has 0 spiro atoms. The molecule has 4 aromatic rings. The molecule has 2 aliphatic rings. The minimum atomic E-state index is -0.498. The Labute approximate surface area is 290 Å². The Kier molecular flexibility index (Phi) is 11.1. The van der Waals surface area contributed by atoms with Crippen molar-refractivity contribution in [2.75, 3.05) is 19.8 Å². The first-order chi connectivity index (χ1) is 23.9. The standard InChI is InChI=1S/C43H48N2O4/c1-4-34-24-33(27-37(34)29-49-43(47)44-22-23-48-42(46)30(2)3)20-21-35-25-32(19-18-31-12-6-5-7-13-31)26-36(35)28-45-40-16-10-8-14-38(40)39-15-9-11-17-41(39)45/h4-21,32-37H,1-2,22-29H2,3H3,(H,44,47)/b19-18-,21-20-. The highest BCUT2D eigenvalue weighted by atomic mass is 16.6. The number of allylic oxidation sites excluding steroid dienone is 4. The summed E-state index contributed by atoms with van der Waals surface area (Å²) >= 11 is 0. The van der Waals surface area contributed by atoms with Crippen molar-refractivity contribution < 1.29 is 19.1 Å². The van der Waals surface area contributed by atoms with Gasteiger partial charge in [0.1, 0.15) is 6.61 Å². The first kappa shape index (κ1) is 34.0. The number of alkyl carbamates (subject to hydrolysis) is 1. The molecule has 6 atom stereocenters. The van der Waals surface area contributed by atoms with Gasteiger partial charge in [0.15, 0.2) is 0 Å². The number of carbonyl (C=O) groups is 2. The molecule has 0 aliphatic heterocycles. The molecular formula is C43H48N2O4. The zero-order valence-electron chi connectivity index (χ0n) is 28.5. The number of ether oxygens (including phenoxy) is 2. The monoisotopic (exact) mass is 656 g/mol. The number of aromatic nitrogens is 1. The Balaban J connectivity index is 1.12. The van der Waals surface area contributed by atoms with E-state index in [2.05, 4.69) is 126 Å². The van der Waals surface area contributed by atoms with Gasteiger partial charge in [-0.05, 0) is 79.9 Å². The second-order valence-electron chi connectivity index (χ2n) is 13.8. The van der Waals surface area contributed by atoms with Crippen LogP contribution in [0.1, 0.15) is 38.2 Å².